The predicted molar refractivity (Wildman–Crippen MR) is 121 cm³/mol. The molecule has 1 heterocycles. The molecule has 3 N–H and O–H groups in total. The van der Waals surface area contributed by atoms with E-state index in [0.717, 1.165) is 11.3 Å². The minimum atomic E-state index is -0.643. The number of anilines is 1. The van der Waals surface area contributed by atoms with Crippen LogP contribution in [0.4, 0.5) is 9.39 Å². The van der Waals surface area contributed by atoms with Gasteiger partial charge in [-0.2, -0.15) is 0 Å². The molecule has 2 rings (SSSR count). The molecule has 2 aromatic rings. The number of thiophene rings is 1. The molecule has 31 heavy (non-hydrogen) atoms. The molecule has 0 aliphatic heterocycles. The molecule has 0 saturated heterocycles. The summed E-state index contributed by atoms with van der Waals surface area (Å²) in [6.07, 6.45) is -0.311. The molecule has 0 radical (unpaired) electrons. The van der Waals surface area contributed by atoms with Crippen molar-refractivity contribution in [1.82, 2.24) is 15.8 Å². The Morgan fingerprint density at radius 3 is 2.52 bits per heavy atom. The second-order valence-corrected chi connectivity index (χ2v) is 8.29. The van der Waals surface area contributed by atoms with E-state index < -0.39 is 17.7 Å². The summed E-state index contributed by atoms with van der Waals surface area (Å²) in [7, 11) is 4.41. The SMILES string of the molecule is COC(=O)c1c(NC(=S)NNC(=O)Cc2c(F)cccc2Cl)sc(C(=O)N(C)C)c1C. The number of hydrogen-bond donors (Lipinski definition) is 3. The third-order valence-corrected chi connectivity index (χ3v) is 5.83. The van der Waals surface area contributed by atoms with Crippen LogP contribution in [0.15, 0.2) is 18.2 Å². The maximum absolute atomic E-state index is 13.8. The Hall–Kier alpha value is -2.76. The quantitative estimate of drug-likeness (QED) is 0.339. The standard InChI is InChI=1S/C19H20ClFN4O4S2/c1-9-14(18(28)29-4)16(31-15(9)17(27)25(2)3)22-19(30)24-23-13(26)8-10-11(20)6-5-7-12(10)21/h5-7H,8H2,1-4H3,(H,23,26)(H2,22,24,30). The average Bonchev–Trinajstić information content (AvgIpc) is 3.03. The lowest BCUT2D eigenvalue weighted by atomic mass is 10.1. The number of thiocarbonyl (C=S) groups is 1. The second-order valence-electron chi connectivity index (χ2n) is 6.46. The Morgan fingerprint density at radius 1 is 1.26 bits per heavy atom. The third kappa shape index (κ3) is 5.90. The van der Waals surface area contributed by atoms with Gasteiger partial charge in [0.2, 0.25) is 5.91 Å². The summed E-state index contributed by atoms with van der Waals surface area (Å²) in [4.78, 5) is 38.4. The van der Waals surface area contributed by atoms with Gasteiger partial charge >= 0.3 is 5.97 Å². The topological polar surface area (TPSA) is 99.8 Å². The van der Waals surface area contributed by atoms with Crippen molar-refractivity contribution in [2.24, 2.45) is 0 Å². The van der Waals surface area contributed by atoms with Gasteiger partial charge in [0.1, 0.15) is 10.8 Å². The van der Waals surface area contributed by atoms with E-state index in [-0.39, 0.29) is 38.6 Å². The summed E-state index contributed by atoms with van der Waals surface area (Å²) in [6, 6.07) is 4.12. The highest BCUT2D eigenvalue weighted by Crippen LogP contribution is 2.34. The molecule has 0 saturated carbocycles. The van der Waals surface area contributed by atoms with Crippen LogP contribution in [0.5, 0.6) is 0 Å². The number of halogens is 2. The van der Waals surface area contributed by atoms with Crippen molar-refractivity contribution in [3.8, 4) is 0 Å². The summed E-state index contributed by atoms with van der Waals surface area (Å²) in [5.74, 6) is -2.11. The fourth-order valence-electron chi connectivity index (χ4n) is 2.52. The minimum absolute atomic E-state index is 0.0519. The Morgan fingerprint density at radius 2 is 1.94 bits per heavy atom. The van der Waals surface area contributed by atoms with Crippen molar-refractivity contribution >= 4 is 63.1 Å². The van der Waals surface area contributed by atoms with Crippen LogP contribution in [-0.2, 0) is 16.0 Å². The largest absolute Gasteiger partial charge is 0.465 e. The van der Waals surface area contributed by atoms with Crippen molar-refractivity contribution in [1.29, 1.82) is 0 Å². The third-order valence-electron chi connectivity index (χ3n) is 4.08. The van der Waals surface area contributed by atoms with Crippen molar-refractivity contribution in [3.05, 3.63) is 50.6 Å². The average molecular weight is 487 g/mol. The molecule has 0 unspecified atom stereocenters. The molecular weight excluding hydrogens is 467 g/mol. The molecule has 0 spiro atoms. The zero-order chi connectivity index (χ0) is 23.3. The predicted octanol–water partition coefficient (Wildman–Crippen LogP) is 2.90. The molecule has 0 atom stereocenters. The van der Waals surface area contributed by atoms with E-state index in [2.05, 4.69) is 16.2 Å². The van der Waals surface area contributed by atoms with E-state index in [0.29, 0.717) is 10.4 Å². The molecular formula is C19H20ClFN4O4S2. The Bertz CT molecular complexity index is 1020. The van der Waals surface area contributed by atoms with Gasteiger partial charge < -0.3 is 15.0 Å². The van der Waals surface area contributed by atoms with Gasteiger partial charge in [-0.3, -0.25) is 20.4 Å². The van der Waals surface area contributed by atoms with Crippen LogP contribution in [0, 0.1) is 12.7 Å². The Balaban J connectivity index is 2.11. The maximum Gasteiger partial charge on any atom is 0.341 e. The Labute approximate surface area is 192 Å². The number of nitrogens with one attached hydrogen (secondary N) is 3. The molecule has 8 nitrogen and oxygen atoms in total. The number of carbonyl (C=O) groups excluding carboxylic acids is 3. The van der Waals surface area contributed by atoms with Crippen LogP contribution >= 0.6 is 35.2 Å². The van der Waals surface area contributed by atoms with E-state index in [4.69, 9.17) is 28.6 Å². The smallest absolute Gasteiger partial charge is 0.341 e. The van der Waals surface area contributed by atoms with Crippen molar-refractivity contribution in [3.63, 3.8) is 0 Å². The summed E-state index contributed by atoms with van der Waals surface area (Å²) < 4.78 is 18.6. The minimum Gasteiger partial charge on any atom is -0.465 e. The van der Waals surface area contributed by atoms with Gasteiger partial charge in [0.25, 0.3) is 5.91 Å². The first-order valence-electron chi connectivity index (χ1n) is 8.78. The normalized spacial score (nSPS) is 10.3. The van der Waals surface area contributed by atoms with Crippen LogP contribution in [0.2, 0.25) is 5.02 Å². The fraction of sp³-hybridized carbons (Fsp3) is 0.263. The van der Waals surface area contributed by atoms with Crippen LogP contribution in [0.1, 0.15) is 31.2 Å². The van der Waals surface area contributed by atoms with Crippen molar-refractivity contribution in [2.45, 2.75) is 13.3 Å². The number of carbonyl (C=O) groups is 3. The van der Waals surface area contributed by atoms with E-state index in [1.165, 1.54) is 30.2 Å². The van der Waals surface area contributed by atoms with Gasteiger partial charge in [-0.1, -0.05) is 17.7 Å². The summed E-state index contributed by atoms with van der Waals surface area (Å²) in [5.41, 5.74) is 5.45. The zero-order valence-corrected chi connectivity index (χ0v) is 19.5. The molecule has 1 aromatic heterocycles. The van der Waals surface area contributed by atoms with E-state index in [1.54, 1.807) is 21.0 Å². The van der Waals surface area contributed by atoms with Gasteiger partial charge in [-0.15, -0.1) is 11.3 Å². The number of hydrazine groups is 1. The molecule has 0 fully saturated rings. The highest BCUT2D eigenvalue weighted by Gasteiger charge is 2.26. The molecule has 166 valence electrons. The first-order valence-corrected chi connectivity index (χ1v) is 10.4. The van der Waals surface area contributed by atoms with Gasteiger partial charge in [0, 0.05) is 24.7 Å². The molecule has 12 heteroatoms. The highest BCUT2D eigenvalue weighted by atomic mass is 35.5. The highest BCUT2D eigenvalue weighted by molar-refractivity contribution is 7.80. The van der Waals surface area contributed by atoms with Gasteiger partial charge in [-0.05, 0) is 36.8 Å². The first kappa shape index (κ1) is 24.5. The monoisotopic (exact) mass is 486 g/mol. The lowest BCUT2D eigenvalue weighted by molar-refractivity contribution is -0.121. The molecule has 0 aliphatic rings. The van der Waals surface area contributed by atoms with Gasteiger partial charge in [-0.25, -0.2) is 9.18 Å². The number of rotatable bonds is 5. The van der Waals surface area contributed by atoms with Crippen molar-refractivity contribution in [2.75, 3.05) is 26.5 Å². The summed E-state index contributed by atoms with van der Waals surface area (Å²) in [5, 5.41) is 3.13. The molecule has 0 bridgehead atoms. The molecule has 0 aliphatic carbocycles. The number of nitrogens with zero attached hydrogens (tertiary/aromatic N) is 1. The fourth-order valence-corrected chi connectivity index (χ4v) is 4.19. The number of ether oxygens (including phenoxy) is 1. The molecule has 2 amide bonds. The number of benzene rings is 1. The van der Waals surface area contributed by atoms with Crippen LogP contribution in [0.25, 0.3) is 0 Å². The van der Waals surface area contributed by atoms with Crippen LogP contribution in [-0.4, -0.2) is 49.0 Å². The van der Waals surface area contributed by atoms with Crippen molar-refractivity contribution < 1.29 is 23.5 Å². The number of methoxy groups -OCH3 is 1. The number of amides is 2. The van der Waals surface area contributed by atoms with Gasteiger partial charge in [0.05, 0.1) is 24.0 Å². The lowest BCUT2D eigenvalue weighted by Crippen LogP contribution is -2.44. The van der Waals surface area contributed by atoms with E-state index in [1.807, 2.05) is 0 Å². The summed E-state index contributed by atoms with van der Waals surface area (Å²) in [6.45, 7) is 1.63. The summed E-state index contributed by atoms with van der Waals surface area (Å²) >= 11 is 12.1. The van der Waals surface area contributed by atoms with Crippen LogP contribution < -0.4 is 16.2 Å². The van der Waals surface area contributed by atoms with E-state index >= 15 is 0 Å². The zero-order valence-electron chi connectivity index (χ0n) is 17.1. The number of esters is 1. The first-order chi connectivity index (χ1) is 14.6. The Kier molecular flexibility index (Phi) is 8.31. The second kappa shape index (κ2) is 10.5. The lowest BCUT2D eigenvalue weighted by Gasteiger charge is -2.12. The van der Waals surface area contributed by atoms with Crippen LogP contribution in [0.3, 0.4) is 0 Å². The van der Waals surface area contributed by atoms with E-state index in [9.17, 15) is 18.8 Å². The van der Waals surface area contributed by atoms with Gasteiger partial charge in [0.15, 0.2) is 5.11 Å². The molecule has 1 aromatic carbocycles. The maximum atomic E-state index is 13.8. The number of hydrogen-bond acceptors (Lipinski definition) is 6.